The van der Waals surface area contributed by atoms with Gasteiger partial charge in [0, 0.05) is 23.9 Å². The SMILES string of the molecule is Cc1cc2ncc(C(=O)NCc3cc(C4CCNCC4)no3)cc2[nH]1. The fraction of sp³-hybridized carbons (Fsp3) is 0.389. The highest BCUT2D eigenvalue weighted by Crippen LogP contribution is 2.24. The maximum absolute atomic E-state index is 12.3. The second-order valence-electron chi connectivity index (χ2n) is 6.53. The number of piperidine rings is 1. The summed E-state index contributed by atoms with van der Waals surface area (Å²) < 4.78 is 5.37. The van der Waals surface area contributed by atoms with Gasteiger partial charge in [0.15, 0.2) is 5.76 Å². The van der Waals surface area contributed by atoms with Crippen LogP contribution in [0, 0.1) is 6.92 Å². The zero-order valence-electron chi connectivity index (χ0n) is 14.1. The van der Waals surface area contributed by atoms with Gasteiger partial charge >= 0.3 is 0 Å². The predicted octanol–water partition coefficient (Wildman–Crippen LogP) is 2.26. The minimum Gasteiger partial charge on any atom is -0.359 e. The lowest BCUT2D eigenvalue weighted by atomic mass is 9.95. The Balaban J connectivity index is 1.40. The number of rotatable bonds is 4. The molecule has 7 heteroatoms. The van der Waals surface area contributed by atoms with Gasteiger partial charge in [0.1, 0.15) is 0 Å². The van der Waals surface area contributed by atoms with Crippen LogP contribution in [0.5, 0.6) is 0 Å². The molecule has 1 aliphatic rings. The molecular weight excluding hydrogens is 318 g/mol. The van der Waals surface area contributed by atoms with E-state index in [0.717, 1.165) is 48.4 Å². The molecule has 3 aromatic rings. The van der Waals surface area contributed by atoms with Crippen molar-refractivity contribution >= 4 is 16.9 Å². The van der Waals surface area contributed by atoms with Crippen LogP contribution in [-0.4, -0.2) is 34.1 Å². The van der Waals surface area contributed by atoms with E-state index in [0.29, 0.717) is 23.8 Å². The number of hydrogen-bond acceptors (Lipinski definition) is 5. The number of H-pyrrole nitrogens is 1. The van der Waals surface area contributed by atoms with Crippen molar-refractivity contribution in [2.24, 2.45) is 0 Å². The third kappa shape index (κ3) is 3.41. The summed E-state index contributed by atoms with van der Waals surface area (Å²) >= 11 is 0. The summed E-state index contributed by atoms with van der Waals surface area (Å²) in [7, 11) is 0. The van der Waals surface area contributed by atoms with Crippen LogP contribution < -0.4 is 10.6 Å². The van der Waals surface area contributed by atoms with Gasteiger partial charge in [-0.05, 0) is 45.0 Å². The molecule has 1 fully saturated rings. The van der Waals surface area contributed by atoms with Crippen LogP contribution in [0.2, 0.25) is 0 Å². The van der Waals surface area contributed by atoms with Crippen LogP contribution >= 0.6 is 0 Å². The van der Waals surface area contributed by atoms with Crippen LogP contribution in [0.15, 0.2) is 28.9 Å². The Bertz CT molecular complexity index is 892. The van der Waals surface area contributed by atoms with E-state index in [-0.39, 0.29) is 5.91 Å². The molecule has 3 N–H and O–H groups in total. The van der Waals surface area contributed by atoms with E-state index >= 15 is 0 Å². The van der Waals surface area contributed by atoms with Gasteiger partial charge in [0.2, 0.25) is 0 Å². The van der Waals surface area contributed by atoms with Crippen molar-refractivity contribution in [3.8, 4) is 0 Å². The summed E-state index contributed by atoms with van der Waals surface area (Å²) in [4.78, 5) is 19.8. The van der Waals surface area contributed by atoms with Crippen LogP contribution in [-0.2, 0) is 6.54 Å². The summed E-state index contributed by atoms with van der Waals surface area (Å²) in [5.74, 6) is 0.935. The first kappa shape index (κ1) is 15.8. The van der Waals surface area contributed by atoms with Gasteiger partial charge in [0.05, 0.1) is 28.8 Å². The number of hydrogen-bond donors (Lipinski definition) is 3. The quantitative estimate of drug-likeness (QED) is 0.677. The lowest BCUT2D eigenvalue weighted by molar-refractivity contribution is 0.0947. The second-order valence-corrected chi connectivity index (χ2v) is 6.53. The third-order valence-corrected chi connectivity index (χ3v) is 4.62. The first-order chi connectivity index (χ1) is 12.2. The molecule has 0 unspecified atom stereocenters. The average Bonchev–Trinajstić information content (AvgIpc) is 3.25. The van der Waals surface area contributed by atoms with Crippen LogP contribution in [0.25, 0.3) is 11.0 Å². The zero-order chi connectivity index (χ0) is 17.2. The molecule has 1 aliphatic heterocycles. The standard InChI is InChI=1S/C18H21N5O2/c1-11-6-16-17(22-11)7-13(9-20-16)18(24)21-10-14-8-15(23-25-14)12-2-4-19-5-3-12/h6-9,12,19,22H,2-5,10H2,1H3,(H,21,24). The average molecular weight is 339 g/mol. The van der Waals surface area contributed by atoms with Gasteiger partial charge in [-0.1, -0.05) is 5.16 Å². The Kier molecular flexibility index (Phi) is 4.23. The molecule has 0 saturated carbocycles. The van der Waals surface area contributed by atoms with Gasteiger partial charge < -0.3 is 20.1 Å². The van der Waals surface area contributed by atoms with Gasteiger partial charge in [-0.15, -0.1) is 0 Å². The molecule has 0 bridgehead atoms. The molecule has 0 radical (unpaired) electrons. The number of carbonyl (C=O) groups is 1. The number of aromatic nitrogens is 3. The number of aryl methyl sites for hydroxylation is 1. The van der Waals surface area contributed by atoms with Gasteiger partial charge in [-0.3, -0.25) is 9.78 Å². The number of fused-ring (bicyclic) bond motifs is 1. The molecule has 0 atom stereocenters. The first-order valence-corrected chi connectivity index (χ1v) is 8.59. The van der Waals surface area contributed by atoms with Crippen molar-refractivity contribution in [3.63, 3.8) is 0 Å². The van der Waals surface area contributed by atoms with Crippen LogP contribution in [0.1, 0.15) is 46.3 Å². The Morgan fingerprint density at radius 2 is 2.16 bits per heavy atom. The van der Waals surface area contributed by atoms with Gasteiger partial charge in [-0.2, -0.15) is 0 Å². The van der Waals surface area contributed by atoms with E-state index in [2.05, 4.69) is 25.8 Å². The largest absolute Gasteiger partial charge is 0.359 e. The summed E-state index contributed by atoms with van der Waals surface area (Å²) in [5, 5.41) is 10.4. The highest BCUT2D eigenvalue weighted by atomic mass is 16.5. The monoisotopic (exact) mass is 339 g/mol. The van der Waals surface area contributed by atoms with Crippen molar-refractivity contribution in [2.75, 3.05) is 13.1 Å². The molecule has 0 aromatic carbocycles. The maximum atomic E-state index is 12.3. The van der Waals surface area contributed by atoms with Crippen LogP contribution in [0.3, 0.4) is 0 Å². The molecule has 4 heterocycles. The first-order valence-electron chi connectivity index (χ1n) is 8.59. The summed E-state index contributed by atoms with van der Waals surface area (Å²) in [6.45, 7) is 4.30. The molecule has 130 valence electrons. The van der Waals surface area contributed by atoms with Crippen molar-refractivity contribution in [3.05, 3.63) is 47.1 Å². The number of carbonyl (C=O) groups excluding carboxylic acids is 1. The predicted molar refractivity (Wildman–Crippen MR) is 93.3 cm³/mol. The van der Waals surface area contributed by atoms with E-state index in [1.165, 1.54) is 0 Å². The summed E-state index contributed by atoms with van der Waals surface area (Å²) in [6.07, 6.45) is 3.73. The summed E-state index contributed by atoms with van der Waals surface area (Å²) in [5.41, 5.74) is 4.24. The minimum atomic E-state index is -0.179. The highest BCUT2D eigenvalue weighted by Gasteiger charge is 2.19. The molecule has 7 nitrogen and oxygen atoms in total. The van der Waals surface area contributed by atoms with Crippen molar-refractivity contribution in [1.29, 1.82) is 0 Å². The van der Waals surface area contributed by atoms with Gasteiger partial charge in [0.25, 0.3) is 5.91 Å². The van der Waals surface area contributed by atoms with Gasteiger partial charge in [-0.25, -0.2) is 0 Å². The Hall–Kier alpha value is -2.67. The minimum absolute atomic E-state index is 0.179. The van der Waals surface area contributed by atoms with E-state index in [4.69, 9.17) is 4.52 Å². The highest BCUT2D eigenvalue weighted by molar-refractivity contribution is 5.96. The fourth-order valence-corrected chi connectivity index (χ4v) is 3.26. The van der Waals surface area contributed by atoms with Crippen molar-refractivity contribution in [1.82, 2.24) is 25.8 Å². The normalized spacial score (nSPS) is 15.6. The number of pyridine rings is 1. The lowest BCUT2D eigenvalue weighted by Gasteiger charge is -2.19. The molecule has 0 aliphatic carbocycles. The number of amides is 1. The molecule has 3 aromatic heterocycles. The number of nitrogens with one attached hydrogen (secondary N) is 3. The second kappa shape index (κ2) is 6.68. The van der Waals surface area contributed by atoms with E-state index < -0.39 is 0 Å². The molecular formula is C18H21N5O2. The lowest BCUT2D eigenvalue weighted by Crippen LogP contribution is -2.26. The fourth-order valence-electron chi connectivity index (χ4n) is 3.26. The Morgan fingerprint density at radius 3 is 3.00 bits per heavy atom. The zero-order valence-corrected chi connectivity index (χ0v) is 14.1. The summed E-state index contributed by atoms with van der Waals surface area (Å²) in [6, 6.07) is 5.71. The third-order valence-electron chi connectivity index (χ3n) is 4.62. The molecule has 1 saturated heterocycles. The Morgan fingerprint density at radius 1 is 1.32 bits per heavy atom. The number of nitrogens with zero attached hydrogens (tertiary/aromatic N) is 2. The van der Waals surface area contributed by atoms with E-state index in [1.807, 2.05) is 25.1 Å². The maximum Gasteiger partial charge on any atom is 0.253 e. The molecule has 0 spiro atoms. The topological polar surface area (TPSA) is 95.8 Å². The van der Waals surface area contributed by atoms with Crippen molar-refractivity contribution < 1.29 is 9.32 Å². The molecule has 4 rings (SSSR count). The molecule has 25 heavy (non-hydrogen) atoms. The van der Waals surface area contributed by atoms with E-state index in [1.54, 1.807) is 6.20 Å². The Labute approximate surface area is 145 Å². The van der Waals surface area contributed by atoms with E-state index in [9.17, 15) is 4.79 Å². The molecule has 1 amide bonds. The van der Waals surface area contributed by atoms with Crippen LogP contribution in [0.4, 0.5) is 0 Å². The number of aromatic amines is 1. The smallest absolute Gasteiger partial charge is 0.253 e. The van der Waals surface area contributed by atoms with Crippen molar-refractivity contribution in [2.45, 2.75) is 32.2 Å².